The number of nitrogens with one attached hydrogen (secondary N) is 1. The van der Waals surface area contributed by atoms with Crippen molar-refractivity contribution in [3.63, 3.8) is 0 Å². The molecule has 0 saturated carbocycles. The van der Waals surface area contributed by atoms with Gasteiger partial charge in [-0.3, -0.25) is 9.59 Å². The summed E-state index contributed by atoms with van der Waals surface area (Å²) in [5, 5.41) is 12.2. The number of amides is 1. The lowest BCUT2D eigenvalue weighted by Gasteiger charge is -2.19. The average molecular weight is 388 g/mol. The molecule has 0 aliphatic heterocycles. The number of carbonyl (C=O) groups is 2. The number of aliphatic carboxylic acids is 1. The van der Waals surface area contributed by atoms with Crippen molar-refractivity contribution < 1.29 is 24.2 Å². The monoisotopic (exact) mass is 388 g/mol. The van der Waals surface area contributed by atoms with E-state index in [-0.39, 0.29) is 18.4 Å². The number of aromatic nitrogens is 1. The Bertz CT molecular complexity index is 870. The predicted molar refractivity (Wildman–Crippen MR) is 106 cm³/mol. The molecule has 2 aromatic rings. The summed E-state index contributed by atoms with van der Waals surface area (Å²) in [7, 11) is 3.03. The van der Waals surface area contributed by atoms with Crippen LogP contribution in [-0.4, -0.2) is 35.8 Å². The van der Waals surface area contributed by atoms with E-state index in [1.807, 2.05) is 19.9 Å². The summed E-state index contributed by atoms with van der Waals surface area (Å²) in [5.74, 6) is -0.302. The van der Waals surface area contributed by atoms with E-state index in [9.17, 15) is 14.7 Å². The lowest BCUT2D eigenvalue weighted by atomic mass is 10.0. The largest absolute Gasteiger partial charge is 0.493 e. The van der Waals surface area contributed by atoms with Crippen molar-refractivity contribution in [2.75, 3.05) is 14.2 Å². The van der Waals surface area contributed by atoms with Crippen molar-refractivity contribution in [1.29, 1.82) is 0 Å². The Labute approximate surface area is 165 Å². The fourth-order valence-corrected chi connectivity index (χ4v) is 3.53. The summed E-state index contributed by atoms with van der Waals surface area (Å²) in [5.41, 5.74) is 3.01. The highest BCUT2D eigenvalue weighted by Gasteiger charge is 2.23. The second-order valence-corrected chi connectivity index (χ2v) is 6.99. The molecule has 0 spiro atoms. The molecule has 1 unspecified atom stereocenters. The number of methoxy groups -OCH3 is 2. The lowest BCUT2D eigenvalue weighted by molar-refractivity contribution is -0.137. The number of hydrogen-bond acceptors (Lipinski definition) is 4. The summed E-state index contributed by atoms with van der Waals surface area (Å²) >= 11 is 0. The van der Waals surface area contributed by atoms with Crippen LogP contribution >= 0.6 is 0 Å². The van der Waals surface area contributed by atoms with E-state index in [4.69, 9.17) is 9.47 Å². The smallest absolute Gasteiger partial charge is 0.305 e. The van der Waals surface area contributed by atoms with Gasteiger partial charge in [-0.25, -0.2) is 0 Å². The van der Waals surface area contributed by atoms with E-state index in [1.165, 1.54) is 14.2 Å². The Morgan fingerprint density at radius 2 is 1.75 bits per heavy atom. The van der Waals surface area contributed by atoms with Gasteiger partial charge in [0, 0.05) is 17.4 Å². The Hall–Kier alpha value is -2.96. The molecule has 2 rings (SSSR count). The van der Waals surface area contributed by atoms with Crippen molar-refractivity contribution in [3.05, 3.63) is 46.8 Å². The maximum Gasteiger partial charge on any atom is 0.305 e. The molecule has 0 aliphatic carbocycles. The number of ether oxygens (including phenoxy) is 2. The molecule has 0 bridgehead atoms. The molecule has 1 aromatic heterocycles. The first-order valence-electron chi connectivity index (χ1n) is 9.12. The molecule has 0 fully saturated rings. The molecule has 1 amide bonds. The molecule has 0 saturated heterocycles. The van der Waals surface area contributed by atoms with E-state index in [2.05, 4.69) is 23.7 Å². The minimum Gasteiger partial charge on any atom is -0.493 e. The maximum atomic E-state index is 12.9. The molecule has 0 radical (unpaired) electrons. The predicted octanol–water partition coefficient (Wildman–Crippen LogP) is 3.65. The molecule has 2 N–H and O–H groups in total. The minimum atomic E-state index is -1.01. The molecule has 7 heteroatoms. The van der Waals surface area contributed by atoms with Crippen LogP contribution in [0.5, 0.6) is 11.5 Å². The first-order valence-corrected chi connectivity index (χ1v) is 9.12. The van der Waals surface area contributed by atoms with Gasteiger partial charge >= 0.3 is 5.97 Å². The number of rotatable bonds is 8. The Morgan fingerprint density at radius 1 is 1.11 bits per heavy atom. The molecular formula is C21H28N2O5. The van der Waals surface area contributed by atoms with Gasteiger partial charge in [0.25, 0.3) is 5.91 Å². The van der Waals surface area contributed by atoms with Crippen LogP contribution in [0.4, 0.5) is 0 Å². The lowest BCUT2D eigenvalue weighted by Crippen LogP contribution is -2.30. The average Bonchev–Trinajstić information content (AvgIpc) is 2.94. The molecule has 1 aromatic carbocycles. The first kappa shape index (κ1) is 21.3. The van der Waals surface area contributed by atoms with Crippen LogP contribution in [0.25, 0.3) is 0 Å². The fourth-order valence-electron chi connectivity index (χ4n) is 3.53. The highest BCUT2D eigenvalue weighted by molar-refractivity contribution is 5.96. The third kappa shape index (κ3) is 4.47. The molecular weight excluding hydrogens is 360 g/mol. The van der Waals surface area contributed by atoms with Gasteiger partial charge in [-0.1, -0.05) is 6.07 Å². The second-order valence-electron chi connectivity index (χ2n) is 6.99. The van der Waals surface area contributed by atoms with Crippen LogP contribution in [0.2, 0.25) is 0 Å². The van der Waals surface area contributed by atoms with Gasteiger partial charge < -0.3 is 24.5 Å². The third-order valence-electron chi connectivity index (χ3n) is 4.74. The number of carboxylic acids is 1. The van der Waals surface area contributed by atoms with E-state index < -0.39 is 12.0 Å². The summed E-state index contributed by atoms with van der Waals surface area (Å²) in [4.78, 5) is 24.3. The first-order chi connectivity index (χ1) is 13.2. The minimum absolute atomic E-state index is 0.224. The molecule has 1 atom stereocenters. The molecule has 1 heterocycles. The van der Waals surface area contributed by atoms with Crippen molar-refractivity contribution in [3.8, 4) is 11.5 Å². The van der Waals surface area contributed by atoms with E-state index in [1.54, 1.807) is 18.2 Å². The summed E-state index contributed by atoms with van der Waals surface area (Å²) in [6.45, 7) is 7.95. The van der Waals surface area contributed by atoms with E-state index >= 15 is 0 Å². The summed E-state index contributed by atoms with van der Waals surface area (Å²) in [6, 6.07) is 6.46. The Balaban J connectivity index is 2.36. The normalized spacial score (nSPS) is 12.0. The van der Waals surface area contributed by atoms with Crippen LogP contribution in [0.3, 0.4) is 0 Å². The van der Waals surface area contributed by atoms with Crippen molar-refractivity contribution in [1.82, 2.24) is 9.88 Å². The van der Waals surface area contributed by atoms with Gasteiger partial charge in [-0.15, -0.1) is 0 Å². The van der Waals surface area contributed by atoms with E-state index in [0.717, 1.165) is 11.4 Å². The zero-order valence-corrected chi connectivity index (χ0v) is 17.2. The van der Waals surface area contributed by atoms with Gasteiger partial charge in [0.1, 0.15) is 0 Å². The third-order valence-corrected chi connectivity index (χ3v) is 4.74. The van der Waals surface area contributed by atoms with Gasteiger partial charge in [0.2, 0.25) is 0 Å². The van der Waals surface area contributed by atoms with Crippen LogP contribution in [0, 0.1) is 13.8 Å². The molecule has 152 valence electrons. The van der Waals surface area contributed by atoms with Crippen LogP contribution in [0.15, 0.2) is 24.3 Å². The summed E-state index contributed by atoms with van der Waals surface area (Å²) < 4.78 is 12.6. The highest BCUT2D eigenvalue weighted by Crippen LogP contribution is 2.31. The molecule has 28 heavy (non-hydrogen) atoms. The topological polar surface area (TPSA) is 89.8 Å². The van der Waals surface area contributed by atoms with Crippen molar-refractivity contribution in [2.45, 2.75) is 46.2 Å². The van der Waals surface area contributed by atoms with Crippen molar-refractivity contribution >= 4 is 11.9 Å². The van der Waals surface area contributed by atoms with Gasteiger partial charge in [-0.2, -0.15) is 0 Å². The number of nitrogens with zero attached hydrogens (tertiary/aromatic N) is 1. The molecule has 7 nitrogen and oxygen atoms in total. The quantitative estimate of drug-likeness (QED) is 0.720. The van der Waals surface area contributed by atoms with Gasteiger partial charge in [0.15, 0.2) is 11.5 Å². The second kappa shape index (κ2) is 8.82. The Kier molecular flexibility index (Phi) is 6.72. The number of carboxylic acid groups (broad SMARTS) is 1. The highest BCUT2D eigenvalue weighted by atomic mass is 16.5. The standard InChI is InChI=1S/C21H28N2O5/c1-12(2)23-13(3)9-16(14(23)4)21(26)22-17(11-20(24)25)15-7-8-18(27-5)19(10-15)28-6/h7-10,12,17H,11H2,1-6H3,(H,22,26)(H,24,25). The SMILES string of the molecule is COc1ccc(C(CC(=O)O)NC(=O)c2cc(C)n(C(C)C)c2C)cc1OC. The number of hydrogen-bond donors (Lipinski definition) is 2. The summed E-state index contributed by atoms with van der Waals surface area (Å²) in [6.07, 6.45) is -0.246. The zero-order chi connectivity index (χ0) is 21.0. The van der Waals surface area contributed by atoms with Crippen LogP contribution in [0.1, 0.15) is 59.7 Å². The van der Waals surface area contributed by atoms with Crippen molar-refractivity contribution in [2.24, 2.45) is 0 Å². The van der Waals surface area contributed by atoms with Gasteiger partial charge in [0.05, 0.1) is 32.2 Å². The Morgan fingerprint density at radius 3 is 2.25 bits per heavy atom. The fraction of sp³-hybridized carbons (Fsp3) is 0.429. The van der Waals surface area contributed by atoms with Crippen LogP contribution in [-0.2, 0) is 4.79 Å². The maximum absolute atomic E-state index is 12.9. The number of aryl methyl sites for hydroxylation is 1. The zero-order valence-electron chi connectivity index (χ0n) is 17.2. The molecule has 0 aliphatic rings. The van der Waals surface area contributed by atoms with Crippen LogP contribution < -0.4 is 14.8 Å². The number of benzene rings is 1. The number of carbonyl (C=O) groups excluding carboxylic acids is 1. The van der Waals surface area contributed by atoms with E-state index in [0.29, 0.717) is 22.6 Å². The van der Waals surface area contributed by atoms with Gasteiger partial charge in [-0.05, 0) is 51.5 Å².